The Morgan fingerprint density at radius 1 is 1.04 bits per heavy atom. The highest BCUT2D eigenvalue weighted by molar-refractivity contribution is 6.02. The first-order valence-electron chi connectivity index (χ1n) is 18.1. The molecule has 8 heteroatoms. The number of carbonyl (C=O) groups is 3. The van der Waals surface area contributed by atoms with Crippen molar-refractivity contribution in [1.82, 2.24) is 0 Å². The maximum atomic E-state index is 12.8. The summed E-state index contributed by atoms with van der Waals surface area (Å²) in [4.78, 5) is 36.8. The van der Waals surface area contributed by atoms with Gasteiger partial charge in [-0.2, -0.15) is 0 Å². The molecule has 5 N–H and O–H groups in total. The predicted molar refractivity (Wildman–Crippen MR) is 184 cm³/mol. The van der Waals surface area contributed by atoms with E-state index in [2.05, 4.69) is 52.9 Å². The number of amides is 2. The van der Waals surface area contributed by atoms with Crippen molar-refractivity contribution in [3.8, 4) is 11.5 Å². The van der Waals surface area contributed by atoms with Crippen LogP contribution < -0.4 is 11.1 Å². The molecule has 7 atom stereocenters. The van der Waals surface area contributed by atoms with Gasteiger partial charge in [-0.15, -0.1) is 0 Å². The van der Waals surface area contributed by atoms with Crippen LogP contribution in [-0.4, -0.2) is 34.1 Å². The van der Waals surface area contributed by atoms with Crippen LogP contribution in [0.1, 0.15) is 135 Å². The fourth-order valence-electron chi connectivity index (χ4n) is 10.7. The smallest absolute Gasteiger partial charge is 0.306 e. The van der Waals surface area contributed by atoms with Gasteiger partial charge in [0.25, 0.3) is 5.91 Å². The number of fused-ring (bicyclic) bond motifs is 5. The van der Waals surface area contributed by atoms with Crippen molar-refractivity contribution >= 4 is 23.5 Å². The number of nitrogens with one attached hydrogen (secondary N) is 1. The molecule has 2 amide bonds. The molecule has 47 heavy (non-hydrogen) atoms. The minimum atomic E-state index is -1.02. The maximum Gasteiger partial charge on any atom is 0.306 e. The van der Waals surface area contributed by atoms with Crippen LogP contribution in [0.2, 0.25) is 0 Å². The second-order valence-corrected chi connectivity index (χ2v) is 16.8. The van der Waals surface area contributed by atoms with E-state index in [-0.39, 0.29) is 30.0 Å². The van der Waals surface area contributed by atoms with E-state index < -0.39 is 34.8 Å². The summed E-state index contributed by atoms with van der Waals surface area (Å²) >= 11 is 0. The Kier molecular flexibility index (Phi) is 10.1. The third-order valence-electron chi connectivity index (χ3n) is 13.1. The minimum Gasteiger partial charge on any atom is -0.507 e. The molecule has 4 aliphatic carbocycles. The normalized spacial score (nSPS) is 31.7. The second-order valence-electron chi connectivity index (χ2n) is 16.8. The Morgan fingerprint density at radius 2 is 1.79 bits per heavy atom. The highest BCUT2D eigenvalue weighted by atomic mass is 16.5. The average molecular weight is 651 g/mol. The van der Waals surface area contributed by atoms with Gasteiger partial charge in [-0.05, 0) is 109 Å². The number of allylic oxidation sites excluding steroid dienone is 1. The molecular formula is C39H58N2O6. The molecule has 3 fully saturated rings. The van der Waals surface area contributed by atoms with Gasteiger partial charge < -0.3 is 26.0 Å². The lowest BCUT2D eigenvalue weighted by Gasteiger charge is -2.59. The summed E-state index contributed by atoms with van der Waals surface area (Å²) in [5.41, 5.74) is 7.10. The largest absolute Gasteiger partial charge is 0.507 e. The van der Waals surface area contributed by atoms with Crippen molar-refractivity contribution in [2.45, 2.75) is 131 Å². The van der Waals surface area contributed by atoms with Gasteiger partial charge in [-0.3, -0.25) is 14.4 Å². The number of primary amides is 1. The van der Waals surface area contributed by atoms with E-state index in [0.29, 0.717) is 16.7 Å². The van der Waals surface area contributed by atoms with Crippen LogP contribution in [0.5, 0.6) is 11.5 Å². The molecule has 0 heterocycles. The van der Waals surface area contributed by atoms with Crippen LogP contribution in [0.4, 0.5) is 5.69 Å². The van der Waals surface area contributed by atoms with E-state index >= 15 is 0 Å². The lowest BCUT2D eigenvalue weighted by atomic mass is 9.46. The van der Waals surface area contributed by atoms with Crippen molar-refractivity contribution in [3.63, 3.8) is 0 Å². The van der Waals surface area contributed by atoms with Crippen molar-refractivity contribution in [2.75, 3.05) is 5.32 Å². The number of ether oxygens (including phenoxy) is 1. The molecule has 0 radical (unpaired) electrons. The predicted octanol–water partition coefficient (Wildman–Crippen LogP) is 8.26. The summed E-state index contributed by atoms with van der Waals surface area (Å²) in [6, 6.07) is 2.43. The Morgan fingerprint density at radius 3 is 2.49 bits per heavy atom. The number of anilines is 1. The van der Waals surface area contributed by atoms with Crippen LogP contribution >= 0.6 is 0 Å². The van der Waals surface area contributed by atoms with E-state index in [1.54, 1.807) is 0 Å². The number of carbonyl (C=O) groups excluding carboxylic acids is 3. The molecule has 0 aliphatic heterocycles. The molecule has 1 aromatic rings. The van der Waals surface area contributed by atoms with E-state index in [1.807, 2.05) is 0 Å². The number of rotatable bonds is 11. The van der Waals surface area contributed by atoms with Crippen molar-refractivity contribution in [3.05, 3.63) is 29.3 Å². The number of esters is 1. The van der Waals surface area contributed by atoms with Gasteiger partial charge in [0.2, 0.25) is 5.91 Å². The first-order chi connectivity index (χ1) is 22.1. The molecule has 4 aliphatic rings. The Hall–Kier alpha value is -3.03. The second kappa shape index (κ2) is 13.5. The summed E-state index contributed by atoms with van der Waals surface area (Å²) in [5.74, 6) is 0.733. The van der Waals surface area contributed by atoms with Crippen LogP contribution in [0.25, 0.3) is 0 Å². The van der Waals surface area contributed by atoms with Gasteiger partial charge in [0.05, 0.1) is 12.1 Å². The van der Waals surface area contributed by atoms with E-state index in [9.17, 15) is 24.6 Å². The first-order valence-corrected chi connectivity index (χ1v) is 18.1. The van der Waals surface area contributed by atoms with Gasteiger partial charge in [-0.1, -0.05) is 66.0 Å². The molecule has 0 saturated heterocycles. The molecule has 260 valence electrons. The number of aromatic hydroxyl groups is 2. The number of benzene rings is 1. The third kappa shape index (κ3) is 6.94. The number of hydrogen-bond donors (Lipinski definition) is 4. The van der Waals surface area contributed by atoms with Gasteiger partial charge in [0.1, 0.15) is 17.4 Å². The molecular weight excluding hydrogens is 592 g/mol. The quantitative estimate of drug-likeness (QED) is 0.0823. The number of phenols is 2. The van der Waals surface area contributed by atoms with Gasteiger partial charge in [0.15, 0.2) is 5.75 Å². The topological polar surface area (TPSA) is 139 Å². The number of hydrogen-bond acceptors (Lipinski definition) is 6. The lowest BCUT2D eigenvalue weighted by molar-refractivity contribution is -0.152. The van der Waals surface area contributed by atoms with E-state index in [1.165, 1.54) is 56.6 Å². The lowest BCUT2D eigenvalue weighted by Crippen LogP contribution is -2.51. The van der Waals surface area contributed by atoms with Crippen LogP contribution in [0.15, 0.2) is 23.8 Å². The molecule has 4 unspecified atom stereocenters. The molecule has 8 nitrogen and oxygen atoms in total. The molecule has 0 bridgehead atoms. The summed E-state index contributed by atoms with van der Waals surface area (Å²) in [7, 11) is 0. The minimum absolute atomic E-state index is 0.0643. The summed E-state index contributed by atoms with van der Waals surface area (Å²) in [6.45, 7) is 14.9. The Balaban J connectivity index is 1.15. The van der Waals surface area contributed by atoms with Crippen LogP contribution in [0.3, 0.4) is 0 Å². The molecule has 1 aromatic carbocycles. The fraction of sp³-hybridized carbons (Fsp3) is 0.718. The average Bonchev–Trinajstić information content (AvgIpc) is 3.35. The van der Waals surface area contributed by atoms with Crippen LogP contribution in [-0.2, 0) is 14.3 Å². The highest BCUT2D eigenvalue weighted by Gasteiger charge is 2.60. The SMILES string of the molecule is CC(C)CCCC(C)(C)C1CCC2C3CC=C4C[C@@H](OC(=O)CCC(=O)Nc5ccc(O)c(C(N)=O)c5O)CC[C@]4(C)C3CC[C@@]21C. The molecule has 3 saturated carbocycles. The zero-order chi connectivity index (χ0) is 34.3. The molecule has 0 aromatic heterocycles. The Labute approximate surface area is 281 Å². The summed E-state index contributed by atoms with van der Waals surface area (Å²) in [5, 5.41) is 22.5. The van der Waals surface area contributed by atoms with Gasteiger partial charge in [-0.25, -0.2) is 0 Å². The summed E-state index contributed by atoms with van der Waals surface area (Å²) in [6.07, 6.45) is 15.2. The fourth-order valence-corrected chi connectivity index (χ4v) is 10.7. The summed E-state index contributed by atoms with van der Waals surface area (Å²) < 4.78 is 5.89. The van der Waals surface area contributed by atoms with Crippen LogP contribution in [0, 0.1) is 45.8 Å². The van der Waals surface area contributed by atoms with Crippen molar-refractivity contribution < 1.29 is 29.3 Å². The number of nitrogens with two attached hydrogens (primary N) is 1. The maximum absolute atomic E-state index is 12.8. The first kappa shape index (κ1) is 35.3. The standard InChI is InChI=1S/C39H58N2O6/c1-23(2)8-7-19-37(3,4)31-14-11-27-26-10-9-24-22-25(17-20-38(24,5)28(26)18-21-39(27,31)6)47-33(44)16-15-32(43)41-29-12-13-30(42)34(35(29)45)36(40)46/h9,12-13,23,25-28,31,42,45H,7-8,10-11,14-22H2,1-6H3,(H2,40,46)(H,41,43)/t25-,26?,27?,28?,31?,38-,39-/m0/s1. The third-order valence-corrected chi connectivity index (χ3v) is 13.1. The van der Waals surface area contributed by atoms with E-state index in [0.717, 1.165) is 55.4 Å². The molecule has 0 spiro atoms. The van der Waals surface area contributed by atoms with Gasteiger partial charge in [0, 0.05) is 12.8 Å². The van der Waals surface area contributed by atoms with E-state index in [4.69, 9.17) is 10.5 Å². The van der Waals surface area contributed by atoms with Crippen molar-refractivity contribution in [1.29, 1.82) is 0 Å². The zero-order valence-corrected chi connectivity index (χ0v) is 29.5. The monoisotopic (exact) mass is 650 g/mol. The zero-order valence-electron chi connectivity index (χ0n) is 29.5. The van der Waals surface area contributed by atoms with Crippen molar-refractivity contribution in [2.24, 2.45) is 51.6 Å². The Bertz CT molecular complexity index is 1400. The molecule has 5 rings (SSSR count). The van der Waals surface area contributed by atoms with Gasteiger partial charge >= 0.3 is 5.97 Å². The highest BCUT2D eigenvalue weighted by Crippen LogP contribution is 2.68.